The third-order valence-corrected chi connectivity index (χ3v) is 5.95. The summed E-state index contributed by atoms with van der Waals surface area (Å²) in [6.07, 6.45) is 7.15. The van der Waals surface area contributed by atoms with Crippen molar-refractivity contribution >= 4 is 5.57 Å². The molecular formula is C23H34. The van der Waals surface area contributed by atoms with Crippen LogP contribution in [0.25, 0.3) is 5.57 Å². The average molecular weight is 311 g/mol. The predicted molar refractivity (Wildman–Crippen MR) is 104 cm³/mol. The van der Waals surface area contributed by atoms with Gasteiger partial charge < -0.3 is 0 Å². The molecule has 23 heavy (non-hydrogen) atoms. The van der Waals surface area contributed by atoms with E-state index in [4.69, 9.17) is 0 Å². The highest BCUT2D eigenvalue weighted by Crippen LogP contribution is 2.48. The van der Waals surface area contributed by atoms with Crippen LogP contribution in [0.5, 0.6) is 0 Å². The molecule has 0 N–H and O–H groups in total. The lowest BCUT2D eigenvalue weighted by Gasteiger charge is -2.25. The summed E-state index contributed by atoms with van der Waals surface area (Å²) in [6.45, 7) is 16.2. The summed E-state index contributed by atoms with van der Waals surface area (Å²) in [7, 11) is 0. The zero-order valence-electron chi connectivity index (χ0n) is 16.2. The Labute approximate surface area is 143 Å². The zero-order chi connectivity index (χ0) is 17.2. The quantitative estimate of drug-likeness (QED) is 0.480. The molecule has 0 saturated heterocycles. The second-order valence-corrected chi connectivity index (χ2v) is 7.79. The van der Waals surface area contributed by atoms with Crippen LogP contribution in [0.2, 0.25) is 0 Å². The monoisotopic (exact) mass is 310 g/mol. The number of fused-ring (bicyclic) bond motifs is 1. The molecule has 1 aromatic rings. The molecule has 0 nitrogen and oxygen atoms in total. The molecule has 1 aliphatic carbocycles. The minimum Gasteiger partial charge on any atom is -0.0853 e. The Morgan fingerprint density at radius 2 is 1.91 bits per heavy atom. The van der Waals surface area contributed by atoms with E-state index in [-0.39, 0.29) is 5.41 Å². The molecule has 1 atom stereocenters. The van der Waals surface area contributed by atoms with Crippen LogP contribution in [0.4, 0.5) is 0 Å². The first-order valence-corrected chi connectivity index (χ1v) is 9.33. The number of allylic oxidation sites excluding steroid dienone is 4. The normalized spacial score (nSPS) is 18.3. The standard InChI is InChI=1S/C23H34/c1-8-16(3)11-10-12-21-18(5)20-15-19(17(4)9-2)13-14-22(20)23(21,6)7/h11,13-15,17H,8-10,12H2,1-7H3/b16-11+. The van der Waals surface area contributed by atoms with Crippen molar-refractivity contribution in [1.29, 1.82) is 0 Å². The fourth-order valence-corrected chi connectivity index (χ4v) is 3.86. The highest BCUT2D eigenvalue weighted by Gasteiger charge is 2.35. The fraction of sp³-hybridized carbons (Fsp3) is 0.565. The Balaban J connectivity index is 2.33. The highest BCUT2D eigenvalue weighted by molar-refractivity contribution is 5.79. The summed E-state index contributed by atoms with van der Waals surface area (Å²) in [5.74, 6) is 0.649. The van der Waals surface area contributed by atoms with Crippen molar-refractivity contribution < 1.29 is 0 Å². The van der Waals surface area contributed by atoms with E-state index in [1.54, 1.807) is 5.57 Å². The first-order chi connectivity index (χ1) is 10.8. The van der Waals surface area contributed by atoms with Gasteiger partial charge in [0.25, 0.3) is 0 Å². The summed E-state index contributed by atoms with van der Waals surface area (Å²) in [6, 6.07) is 7.20. The van der Waals surface area contributed by atoms with Crippen LogP contribution in [0.1, 0.15) is 96.8 Å². The van der Waals surface area contributed by atoms with Gasteiger partial charge in [-0.05, 0) is 67.7 Å². The topological polar surface area (TPSA) is 0 Å². The summed E-state index contributed by atoms with van der Waals surface area (Å²) >= 11 is 0. The summed E-state index contributed by atoms with van der Waals surface area (Å²) in [5, 5.41) is 0. The van der Waals surface area contributed by atoms with E-state index in [0.717, 1.165) is 0 Å². The van der Waals surface area contributed by atoms with Crippen LogP contribution < -0.4 is 0 Å². The molecule has 0 fully saturated rings. The van der Waals surface area contributed by atoms with E-state index >= 15 is 0 Å². The molecule has 0 aromatic heterocycles. The van der Waals surface area contributed by atoms with Crippen molar-refractivity contribution in [3.05, 3.63) is 52.1 Å². The SMILES string of the molecule is CC/C(C)=C/CCC1=C(C)c2cc(C(C)CC)ccc2C1(C)C. The molecule has 0 aliphatic heterocycles. The van der Waals surface area contributed by atoms with Crippen LogP contribution in [0.3, 0.4) is 0 Å². The third kappa shape index (κ3) is 3.47. The molecule has 0 heterocycles. The smallest absolute Gasteiger partial charge is 0.0117 e. The predicted octanol–water partition coefficient (Wildman–Crippen LogP) is 7.40. The van der Waals surface area contributed by atoms with E-state index in [9.17, 15) is 0 Å². The molecule has 1 aromatic carbocycles. The van der Waals surface area contributed by atoms with Gasteiger partial charge in [0, 0.05) is 5.41 Å². The largest absolute Gasteiger partial charge is 0.0853 e. The molecule has 1 aliphatic rings. The molecule has 0 spiro atoms. The van der Waals surface area contributed by atoms with Crippen molar-refractivity contribution in [2.24, 2.45) is 0 Å². The van der Waals surface area contributed by atoms with E-state index in [1.807, 2.05) is 0 Å². The van der Waals surface area contributed by atoms with Gasteiger partial charge in [-0.3, -0.25) is 0 Å². The summed E-state index contributed by atoms with van der Waals surface area (Å²) in [5.41, 5.74) is 9.36. The maximum atomic E-state index is 2.46. The Bertz CT molecular complexity index is 625. The van der Waals surface area contributed by atoms with Crippen LogP contribution >= 0.6 is 0 Å². The molecule has 1 unspecified atom stereocenters. The van der Waals surface area contributed by atoms with E-state index in [0.29, 0.717) is 5.92 Å². The Kier molecular flexibility index (Phi) is 5.55. The van der Waals surface area contributed by atoms with Gasteiger partial charge in [-0.25, -0.2) is 0 Å². The fourth-order valence-electron chi connectivity index (χ4n) is 3.86. The molecule has 0 heteroatoms. The second-order valence-electron chi connectivity index (χ2n) is 7.79. The first-order valence-electron chi connectivity index (χ1n) is 9.33. The molecule has 2 rings (SSSR count). The molecule has 126 valence electrons. The summed E-state index contributed by atoms with van der Waals surface area (Å²) < 4.78 is 0. The number of hydrogen-bond donors (Lipinski definition) is 0. The lowest BCUT2D eigenvalue weighted by molar-refractivity contribution is 0.607. The second kappa shape index (κ2) is 7.07. The minimum absolute atomic E-state index is 0.182. The first kappa shape index (κ1) is 18.0. The molecular weight excluding hydrogens is 276 g/mol. The molecule has 0 radical (unpaired) electrons. The van der Waals surface area contributed by atoms with Crippen LogP contribution in [-0.2, 0) is 5.41 Å². The van der Waals surface area contributed by atoms with Crippen LogP contribution in [0.15, 0.2) is 35.4 Å². The molecule has 0 bridgehead atoms. The van der Waals surface area contributed by atoms with Gasteiger partial charge >= 0.3 is 0 Å². The number of benzene rings is 1. The number of hydrogen-bond acceptors (Lipinski definition) is 0. The lowest BCUT2D eigenvalue weighted by Crippen LogP contribution is -2.17. The van der Waals surface area contributed by atoms with Gasteiger partial charge in [0.15, 0.2) is 0 Å². The van der Waals surface area contributed by atoms with Crippen LogP contribution in [0, 0.1) is 0 Å². The van der Waals surface area contributed by atoms with Gasteiger partial charge in [-0.2, -0.15) is 0 Å². The van der Waals surface area contributed by atoms with Crippen LogP contribution in [-0.4, -0.2) is 0 Å². The summed E-state index contributed by atoms with van der Waals surface area (Å²) in [4.78, 5) is 0. The van der Waals surface area contributed by atoms with E-state index in [1.165, 1.54) is 53.5 Å². The molecule has 0 amide bonds. The maximum Gasteiger partial charge on any atom is 0.0117 e. The van der Waals surface area contributed by atoms with Crippen molar-refractivity contribution in [3.63, 3.8) is 0 Å². The van der Waals surface area contributed by atoms with Crippen molar-refractivity contribution in [2.75, 3.05) is 0 Å². The maximum absolute atomic E-state index is 2.46. The minimum atomic E-state index is 0.182. The van der Waals surface area contributed by atoms with Gasteiger partial charge in [0.2, 0.25) is 0 Å². The van der Waals surface area contributed by atoms with E-state index < -0.39 is 0 Å². The average Bonchev–Trinajstić information content (AvgIpc) is 2.74. The Morgan fingerprint density at radius 1 is 1.22 bits per heavy atom. The van der Waals surface area contributed by atoms with Gasteiger partial charge in [0.05, 0.1) is 0 Å². The van der Waals surface area contributed by atoms with Crippen molar-refractivity contribution in [3.8, 4) is 0 Å². The van der Waals surface area contributed by atoms with Gasteiger partial charge in [-0.1, -0.05) is 70.0 Å². The van der Waals surface area contributed by atoms with Crippen molar-refractivity contribution in [2.45, 2.75) is 85.5 Å². The van der Waals surface area contributed by atoms with Crippen molar-refractivity contribution in [1.82, 2.24) is 0 Å². The Morgan fingerprint density at radius 3 is 2.52 bits per heavy atom. The molecule has 0 saturated carbocycles. The highest BCUT2D eigenvalue weighted by atomic mass is 14.4. The zero-order valence-corrected chi connectivity index (χ0v) is 16.2. The third-order valence-electron chi connectivity index (χ3n) is 5.95. The van der Waals surface area contributed by atoms with E-state index in [2.05, 4.69) is 72.7 Å². The number of rotatable bonds is 6. The van der Waals surface area contributed by atoms with Gasteiger partial charge in [0.1, 0.15) is 0 Å². The Hall–Kier alpha value is -1.30. The van der Waals surface area contributed by atoms with Gasteiger partial charge in [-0.15, -0.1) is 0 Å². The lowest BCUT2D eigenvalue weighted by atomic mass is 9.79.